The van der Waals surface area contributed by atoms with Crippen molar-refractivity contribution < 1.29 is 9.72 Å². The van der Waals surface area contributed by atoms with Crippen molar-refractivity contribution in [2.45, 2.75) is 38.1 Å². The van der Waals surface area contributed by atoms with Gasteiger partial charge in [-0.1, -0.05) is 12.1 Å². The molecule has 0 spiro atoms. The van der Waals surface area contributed by atoms with Crippen molar-refractivity contribution in [2.75, 3.05) is 26.2 Å². The van der Waals surface area contributed by atoms with E-state index >= 15 is 0 Å². The Hall–Kier alpha value is -1.95. The van der Waals surface area contributed by atoms with Crippen LogP contribution in [0, 0.1) is 10.1 Å². The van der Waals surface area contributed by atoms with Gasteiger partial charge in [-0.05, 0) is 44.3 Å². The van der Waals surface area contributed by atoms with Gasteiger partial charge in [-0.25, -0.2) is 0 Å². The number of hydrogen-bond donors (Lipinski definition) is 0. The Morgan fingerprint density at radius 3 is 2.48 bits per heavy atom. The molecule has 2 saturated heterocycles. The van der Waals surface area contributed by atoms with Crippen molar-refractivity contribution in [2.24, 2.45) is 0 Å². The van der Waals surface area contributed by atoms with E-state index < -0.39 is 4.92 Å². The molecule has 2 aliphatic heterocycles. The van der Waals surface area contributed by atoms with E-state index in [2.05, 4.69) is 4.90 Å². The highest BCUT2D eigenvalue weighted by molar-refractivity contribution is 5.79. The fraction of sp³-hybridized carbons (Fsp3) is 0.588. The summed E-state index contributed by atoms with van der Waals surface area (Å²) in [5.41, 5.74) is 0.900. The van der Waals surface area contributed by atoms with Gasteiger partial charge in [0, 0.05) is 31.3 Å². The van der Waals surface area contributed by atoms with Crippen LogP contribution in [0.3, 0.4) is 0 Å². The standard InChI is InChI=1S/C17H23N3O3/c21-17(12-14-5-7-15(8-6-14)20(22)23)19-11-3-4-16(13-19)18-9-1-2-10-18/h5-8,16H,1-4,9-13H2/t16-/m0/s1. The molecule has 0 saturated carbocycles. The van der Waals surface area contributed by atoms with Crippen molar-refractivity contribution in [3.05, 3.63) is 39.9 Å². The van der Waals surface area contributed by atoms with Crippen LogP contribution >= 0.6 is 0 Å². The first-order valence-electron chi connectivity index (χ1n) is 8.38. The van der Waals surface area contributed by atoms with Gasteiger partial charge in [0.25, 0.3) is 5.69 Å². The molecule has 0 N–H and O–H groups in total. The summed E-state index contributed by atoms with van der Waals surface area (Å²) in [6, 6.07) is 6.79. The number of nitro groups is 1. The molecule has 0 aliphatic carbocycles. The minimum absolute atomic E-state index is 0.0632. The first kappa shape index (κ1) is 15.9. The molecule has 124 valence electrons. The predicted octanol–water partition coefficient (Wildman–Crippen LogP) is 2.22. The minimum Gasteiger partial charge on any atom is -0.341 e. The lowest BCUT2D eigenvalue weighted by molar-refractivity contribution is -0.384. The Labute approximate surface area is 136 Å². The summed E-state index contributed by atoms with van der Waals surface area (Å²) < 4.78 is 0. The lowest BCUT2D eigenvalue weighted by atomic mass is 10.0. The number of piperidine rings is 1. The fourth-order valence-electron chi connectivity index (χ4n) is 3.61. The SMILES string of the molecule is O=C(Cc1ccc([N+](=O)[O-])cc1)N1CCC[C@H](N2CCCC2)C1. The molecule has 1 atom stereocenters. The average Bonchev–Trinajstić information content (AvgIpc) is 3.10. The maximum atomic E-state index is 12.5. The van der Waals surface area contributed by atoms with Crippen LogP contribution in [0.15, 0.2) is 24.3 Å². The highest BCUT2D eigenvalue weighted by Crippen LogP contribution is 2.21. The summed E-state index contributed by atoms with van der Waals surface area (Å²) >= 11 is 0. The average molecular weight is 317 g/mol. The number of nitro benzene ring substituents is 1. The van der Waals surface area contributed by atoms with E-state index in [9.17, 15) is 14.9 Å². The topological polar surface area (TPSA) is 66.7 Å². The quantitative estimate of drug-likeness (QED) is 0.631. The zero-order valence-electron chi connectivity index (χ0n) is 13.3. The molecule has 0 unspecified atom stereocenters. The van der Waals surface area contributed by atoms with E-state index in [1.807, 2.05) is 4.90 Å². The first-order chi connectivity index (χ1) is 11.1. The summed E-state index contributed by atoms with van der Waals surface area (Å²) in [7, 11) is 0. The summed E-state index contributed by atoms with van der Waals surface area (Å²) in [6.45, 7) is 3.98. The van der Waals surface area contributed by atoms with Gasteiger partial charge in [-0.2, -0.15) is 0 Å². The van der Waals surface area contributed by atoms with Crippen LogP contribution in [-0.4, -0.2) is 52.9 Å². The lowest BCUT2D eigenvalue weighted by Gasteiger charge is -2.37. The van der Waals surface area contributed by atoms with Gasteiger partial charge in [-0.3, -0.25) is 19.8 Å². The number of nitrogens with zero attached hydrogens (tertiary/aromatic N) is 3. The van der Waals surface area contributed by atoms with Crippen LogP contribution < -0.4 is 0 Å². The maximum absolute atomic E-state index is 12.5. The van der Waals surface area contributed by atoms with Crippen LogP contribution in [0.5, 0.6) is 0 Å². The molecule has 1 aromatic rings. The third-order valence-electron chi connectivity index (χ3n) is 4.91. The van der Waals surface area contributed by atoms with Crippen LogP contribution in [0.2, 0.25) is 0 Å². The van der Waals surface area contributed by atoms with E-state index in [0.717, 1.165) is 38.2 Å². The van der Waals surface area contributed by atoms with E-state index in [4.69, 9.17) is 0 Å². The summed E-state index contributed by atoms with van der Waals surface area (Å²) in [5.74, 6) is 0.128. The zero-order chi connectivity index (χ0) is 16.2. The number of hydrogen-bond acceptors (Lipinski definition) is 4. The van der Waals surface area contributed by atoms with Crippen LogP contribution in [0.4, 0.5) is 5.69 Å². The van der Waals surface area contributed by atoms with E-state index in [1.54, 1.807) is 12.1 Å². The van der Waals surface area contributed by atoms with Gasteiger partial charge < -0.3 is 4.90 Å². The molecule has 3 rings (SSSR count). The van der Waals surface area contributed by atoms with Crippen LogP contribution in [0.25, 0.3) is 0 Å². The molecule has 6 nitrogen and oxygen atoms in total. The van der Waals surface area contributed by atoms with Crippen LogP contribution in [-0.2, 0) is 11.2 Å². The Morgan fingerprint density at radius 2 is 1.83 bits per heavy atom. The molecule has 0 aromatic heterocycles. The number of carbonyl (C=O) groups is 1. The van der Waals surface area contributed by atoms with Gasteiger partial charge in [-0.15, -0.1) is 0 Å². The van der Waals surface area contributed by atoms with Crippen molar-refractivity contribution in [3.63, 3.8) is 0 Å². The maximum Gasteiger partial charge on any atom is 0.269 e. The molecule has 2 aliphatic rings. The highest BCUT2D eigenvalue weighted by Gasteiger charge is 2.29. The Bertz CT molecular complexity index is 567. The molecule has 0 bridgehead atoms. The largest absolute Gasteiger partial charge is 0.341 e. The first-order valence-corrected chi connectivity index (χ1v) is 8.38. The van der Waals surface area contributed by atoms with Crippen molar-refractivity contribution in [3.8, 4) is 0 Å². The number of amides is 1. The Balaban J connectivity index is 1.57. The summed E-state index contributed by atoms with van der Waals surface area (Å²) in [6.07, 6.45) is 5.11. The van der Waals surface area contributed by atoms with E-state index in [0.29, 0.717) is 12.5 Å². The molecule has 1 amide bonds. The molecular weight excluding hydrogens is 294 g/mol. The van der Waals surface area contributed by atoms with Gasteiger partial charge in [0.2, 0.25) is 5.91 Å². The summed E-state index contributed by atoms with van der Waals surface area (Å²) in [4.78, 5) is 27.3. The third-order valence-corrected chi connectivity index (χ3v) is 4.91. The van der Waals surface area contributed by atoms with Gasteiger partial charge in [0.15, 0.2) is 0 Å². The molecular formula is C17H23N3O3. The van der Waals surface area contributed by atoms with E-state index in [1.165, 1.54) is 31.4 Å². The Morgan fingerprint density at radius 1 is 1.13 bits per heavy atom. The van der Waals surface area contributed by atoms with Gasteiger partial charge >= 0.3 is 0 Å². The highest BCUT2D eigenvalue weighted by atomic mass is 16.6. The molecule has 2 fully saturated rings. The lowest BCUT2D eigenvalue weighted by Crippen LogP contribution is -2.49. The fourth-order valence-corrected chi connectivity index (χ4v) is 3.61. The second kappa shape index (κ2) is 7.08. The minimum atomic E-state index is -0.420. The monoisotopic (exact) mass is 317 g/mol. The third kappa shape index (κ3) is 3.88. The number of benzene rings is 1. The number of likely N-dealkylation sites (tertiary alicyclic amines) is 2. The van der Waals surface area contributed by atoms with Gasteiger partial charge in [0.05, 0.1) is 11.3 Å². The number of rotatable bonds is 4. The molecule has 1 aromatic carbocycles. The smallest absolute Gasteiger partial charge is 0.269 e. The van der Waals surface area contributed by atoms with Crippen molar-refractivity contribution in [1.29, 1.82) is 0 Å². The molecule has 23 heavy (non-hydrogen) atoms. The van der Waals surface area contributed by atoms with Gasteiger partial charge in [0.1, 0.15) is 0 Å². The van der Waals surface area contributed by atoms with Crippen LogP contribution in [0.1, 0.15) is 31.2 Å². The Kier molecular flexibility index (Phi) is 4.91. The van der Waals surface area contributed by atoms with Crippen molar-refractivity contribution in [1.82, 2.24) is 9.80 Å². The zero-order valence-corrected chi connectivity index (χ0v) is 13.3. The normalized spacial score (nSPS) is 22.3. The molecule has 2 heterocycles. The number of non-ortho nitro benzene ring substituents is 1. The second-order valence-electron chi connectivity index (χ2n) is 6.48. The molecule has 6 heteroatoms. The van der Waals surface area contributed by atoms with E-state index in [-0.39, 0.29) is 11.6 Å². The number of carbonyl (C=O) groups excluding carboxylic acids is 1. The second-order valence-corrected chi connectivity index (χ2v) is 6.48. The molecule has 0 radical (unpaired) electrons. The summed E-state index contributed by atoms with van der Waals surface area (Å²) in [5, 5.41) is 10.7. The predicted molar refractivity (Wildman–Crippen MR) is 87.2 cm³/mol. The van der Waals surface area contributed by atoms with Crippen molar-refractivity contribution >= 4 is 11.6 Å².